The van der Waals surface area contributed by atoms with Gasteiger partial charge in [0.15, 0.2) is 9.84 Å². The van der Waals surface area contributed by atoms with E-state index < -0.39 is 9.84 Å². The number of carbonyl (C=O) groups is 1. The van der Waals surface area contributed by atoms with E-state index in [4.69, 9.17) is 4.74 Å². The van der Waals surface area contributed by atoms with Crippen LogP contribution in [0.3, 0.4) is 0 Å². The fourth-order valence-corrected chi connectivity index (χ4v) is 3.77. The Morgan fingerprint density at radius 2 is 1.90 bits per heavy atom. The van der Waals surface area contributed by atoms with Crippen LogP contribution in [0, 0.1) is 5.41 Å². The van der Waals surface area contributed by atoms with Crippen molar-refractivity contribution >= 4 is 27.6 Å². The average Bonchev–Trinajstić information content (AvgIpc) is 3.16. The van der Waals surface area contributed by atoms with Crippen LogP contribution in [-0.4, -0.2) is 33.5 Å². The monoisotopic (exact) mass is 314 g/mol. The number of esters is 1. The lowest BCUT2D eigenvalue weighted by molar-refractivity contribution is -0.141. The molecule has 1 aliphatic carbocycles. The Morgan fingerprint density at radius 1 is 1.30 bits per heavy atom. The van der Waals surface area contributed by atoms with Crippen LogP contribution in [0.15, 0.2) is 34.1 Å². The van der Waals surface area contributed by atoms with Crippen molar-refractivity contribution in [3.05, 3.63) is 24.3 Å². The molecule has 110 valence electrons. The first-order chi connectivity index (χ1) is 9.35. The first kappa shape index (κ1) is 15.4. The van der Waals surface area contributed by atoms with Crippen LogP contribution < -0.4 is 0 Å². The molecule has 1 aromatic carbocycles. The Balaban J connectivity index is 1.93. The summed E-state index contributed by atoms with van der Waals surface area (Å²) >= 11 is 1.66. The second kappa shape index (κ2) is 5.77. The Labute approximate surface area is 123 Å². The molecular weight excluding hydrogens is 296 g/mol. The molecule has 0 aromatic heterocycles. The Kier molecular flexibility index (Phi) is 4.44. The van der Waals surface area contributed by atoms with Gasteiger partial charge in [0.25, 0.3) is 0 Å². The van der Waals surface area contributed by atoms with Crippen molar-refractivity contribution in [2.24, 2.45) is 5.41 Å². The maximum absolute atomic E-state index is 11.4. The highest BCUT2D eigenvalue weighted by molar-refractivity contribution is 7.99. The number of thioether (sulfide) groups is 1. The molecule has 0 heterocycles. The van der Waals surface area contributed by atoms with Gasteiger partial charge in [-0.25, -0.2) is 8.42 Å². The summed E-state index contributed by atoms with van der Waals surface area (Å²) in [7, 11) is -1.73. The summed E-state index contributed by atoms with van der Waals surface area (Å²) < 4.78 is 27.5. The maximum Gasteiger partial charge on any atom is 0.306 e. The van der Waals surface area contributed by atoms with Gasteiger partial charge in [-0.3, -0.25) is 4.79 Å². The zero-order valence-electron chi connectivity index (χ0n) is 11.6. The van der Waals surface area contributed by atoms with E-state index in [1.807, 2.05) is 12.1 Å². The normalized spacial score (nSPS) is 16.7. The third-order valence-corrected chi connectivity index (χ3v) is 5.99. The number of ether oxygens (including phenoxy) is 1. The first-order valence-electron chi connectivity index (χ1n) is 6.34. The summed E-state index contributed by atoms with van der Waals surface area (Å²) in [5.41, 5.74) is 0.0767. The van der Waals surface area contributed by atoms with Crippen molar-refractivity contribution in [3.8, 4) is 0 Å². The minimum absolute atomic E-state index is 0.0767. The predicted octanol–water partition coefficient (Wildman–Crippen LogP) is 2.53. The van der Waals surface area contributed by atoms with E-state index in [-0.39, 0.29) is 11.4 Å². The number of hydrogen-bond donors (Lipinski definition) is 0. The van der Waals surface area contributed by atoms with Gasteiger partial charge in [-0.05, 0) is 42.5 Å². The van der Waals surface area contributed by atoms with Crippen molar-refractivity contribution in [1.29, 1.82) is 0 Å². The van der Waals surface area contributed by atoms with Crippen LogP contribution in [0.5, 0.6) is 0 Å². The first-order valence-corrected chi connectivity index (χ1v) is 9.22. The second-order valence-corrected chi connectivity index (χ2v) is 8.35. The third kappa shape index (κ3) is 3.99. The minimum Gasteiger partial charge on any atom is -0.469 e. The van der Waals surface area contributed by atoms with Gasteiger partial charge in [-0.15, -0.1) is 11.8 Å². The highest BCUT2D eigenvalue weighted by atomic mass is 32.2. The second-order valence-electron chi connectivity index (χ2n) is 5.29. The zero-order valence-corrected chi connectivity index (χ0v) is 13.2. The molecule has 1 fully saturated rings. The molecule has 1 aliphatic rings. The summed E-state index contributed by atoms with van der Waals surface area (Å²) in [6, 6.07) is 6.87. The third-order valence-electron chi connectivity index (χ3n) is 3.50. The van der Waals surface area contributed by atoms with Gasteiger partial charge >= 0.3 is 5.97 Å². The van der Waals surface area contributed by atoms with Gasteiger partial charge in [-0.2, -0.15) is 0 Å². The van der Waals surface area contributed by atoms with E-state index in [1.165, 1.54) is 13.4 Å². The number of hydrogen-bond acceptors (Lipinski definition) is 5. The van der Waals surface area contributed by atoms with Crippen LogP contribution in [0.2, 0.25) is 0 Å². The summed E-state index contributed by atoms with van der Waals surface area (Å²) in [4.78, 5) is 12.7. The van der Waals surface area contributed by atoms with Crippen LogP contribution in [0.25, 0.3) is 0 Å². The number of carbonyl (C=O) groups excluding carboxylic acids is 1. The van der Waals surface area contributed by atoms with Crippen LogP contribution in [0.4, 0.5) is 0 Å². The van der Waals surface area contributed by atoms with Crippen LogP contribution in [0.1, 0.15) is 19.3 Å². The molecule has 4 nitrogen and oxygen atoms in total. The van der Waals surface area contributed by atoms with Gasteiger partial charge in [0.1, 0.15) is 0 Å². The average molecular weight is 314 g/mol. The van der Waals surface area contributed by atoms with Gasteiger partial charge in [-0.1, -0.05) is 0 Å². The van der Waals surface area contributed by atoms with Crippen molar-refractivity contribution < 1.29 is 17.9 Å². The molecule has 20 heavy (non-hydrogen) atoms. The molecule has 2 rings (SSSR count). The molecule has 0 unspecified atom stereocenters. The highest BCUT2D eigenvalue weighted by Crippen LogP contribution is 2.52. The van der Waals surface area contributed by atoms with E-state index in [2.05, 4.69) is 0 Å². The van der Waals surface area contributed by atoms with E-state index in [0.717, 1.165) is 23.5 Å². The molecule has 0 N–H and O–H groups in total. The topological polar surface area (TPSA) is 60.4 Å². The van der Waals surface area contributed by atoms with E-state index in [1.54, 1.807) is 23.9 Å². The number of methoxy groups -OCH3 is 1. The van der Waals surface area contributed by atoms with E-state index in [9.17, 15) is 13.2 Å². The molecule has 0 bridgehead atoms. The molecule has 0 radical (unpaired) electrons. The predicted molar refractivity (Wildman–Crippen MR) is 78.6 cm³/mol. The summed E-state index contributed by atoms with van der Waals surface area (Å²) in [6.07, 6.45) is 3.77. The van der Waals surface area contributed by atoms with E-state index >= 15 is 0 Å². The SMILES string of the molecule is COC(=O)CC1(CSc2ccc(S(C)(=O)=O)cc2)CC1. The van der Waals surface area contributed by atoms with Crippen molar-refractivity contribution in [2.45, 2.75) is 29.1 Å². The number of rotatable bonds is 6. The Hall–Kier alpha value is -1.01. The van der Waals surface area contributed by atoms with Gasteiger partial charge in [0.05, 0.1) is 18.4 Å². The lowest BCUT2D eigenvalue weighted by Gasteiger charge is -2.13. The lowest BCUT2D eigenvalue weighted by atomic mass is 10.1. The molecule has 6 heteroatoms. The lowest BCUT2D eigenvalue weighted by Crippen LogP contribution is -2.12. The fraction of sp³-hybridized carbons (Fsp3) is 0.500. The quantitative estimate of drug-likeness (QED) is 0.596. The smallest absolute Gasteiger partial charge is 0.306 e. The Bertz CT molecular complexity index is 586. The van der Waals surface area contributed by atoms with Crippen LogP contribution >= 0.6 is 11.8 Å². The van der Waals surface area contributed by atoms with E-state index in [0.29, 0.717) is 11.3 Å². The molecule has 0 atom stereocenters. The standard InChI is InChI=1S/C14H18O4S2/c1-18-13(15)9-14(7-8-14)10-19-11-3-5-12(6-4-11)20(2,16)17/h3-6H,7-10H2,1-2H3. The number of benzene rings is 1. The summed E-state index contributed by atoms with van der Waals surface area (Å²) in [5, 5.41) is 0. The fourth-order valence-electron chi connectivity index (χ4n) is 1.95. The van der Waals surface area contributed by atoms with Gasteiger partial charge in [0, 0.05) is 16.9 Å². The van der Waals surface area contributed by atoms with Gasteiger partial charge < -0.3 is 4.74 Å². The minimum atomic E-state index is -3.14. The molecule has 0 saturated heterocycles. The molecule has 0 aliphatic heterocycles. The summed E-state index contributed by atoms with van der Waals surface area (Å²) in [6.45, 7) is 0. The van der Waals surface area contributed by atoms with Crippen molar-refractivity contribution in [1.82, 2.24) is 0 Å². The molecule has 0 spiro atoms. The summed E-state index contributed by atoms with van der Waals surface area (Å²) in [5.74, 6) is 0.705. The molecule has 1 saturated carbocycles. The largest absolute Gasteiger partial charge is 0.469 e. The molecule has 0 amide bonds. The highest BCUT2D eigenvalue weighted by Gasteiger charge is 2.44. The maximum atomic E-state index is 11.4. The van der Waals surface area contributed by atoms with Gasteiger partial charge in [0.2, 0.25) is 0 Å². The van der Waals surface area contributed by atoms with Crippen LogP contribution in [-0.2, 0) is 19.4 Å². The molecule has 1 aromatic rings. The molecular formula is C14H18O4S2. The number of sulfone groups is 1. The zero-order chi connectivity index (χ0) is 14.8. The van der Waals surface area contributed by atoms with Crippen molar-refractivity contribution in [2.75, 3.05) is 19.1 Å². The Morgan fingerprint density at radius 3 is 2.35 bits per heavy atom. The van der Waals surface area contributed by atoms with Crippen molar-refractivity contribution in [3.63, 3.8) is 0 Å².